The highest BCUT2D eigenvalue weighted by molar-refractivity contribution is 5.38. The molecule has 2 aromatic rings. The van der Waals surface area contributed by atoms with Crippen molar-refractivity contribution in [2.75, 3.05) is 6.54 Å². The van der Waals surface area contributed by atoms with Gasteiger partial charge >= 0.3 is 0 Å². The van der Waals surface area contributed by atoms with Crippen LogP contribution >= 0.6 is 0 Å². The van der Waals surface area contributed by atoms with Gasteiger partial charge in [0.1, 0.15) is 0 Å². The van der Waals surface area contributed by atoms with Gasteiger partial charge in [-0.2, -0.15) is 5.10 Å². The lowest BCUT2D eigenvalue weighted by Gasteiger charge is -1.97. The summed E-state index contributed by atoms with van der Waals surface area (Å²) in [7, 11) is 0. The van der Waals surface area contributed by atoms with Crippen molar-refractivity contribution in [1.29, 1.82) is 0 Å². The van der Waals surface area contributed by atoms with Gasteiger partial charge in [-0.1, -0.05) is 0 Å². The molecule has 0 aliphatic carbocycles. The van der Waals surface area contributed by atoms with E-state index in [1.807, 2.05) is 25.4 Å². The van der Waals surface area contributed by atoms with Crippen molar-refractivity contribution in [1.82, 2.24) is 14.6 Å². The molecule has 0 fully saturated rings. The van der Waals surface area contributed by atoms with E-state index < -0.39 is 0 Å². The largest absolute Gasteiger partial charge is 0.330 e. The normalized spacial score (nSPS) is 10.9. The minimum Gasteiger partial charge on any atom is -0.330 e. The Morgan fingerprint density at radius 2 is 2.38 bits per heavy atom. The fourth-order valence-electron chi connectivity index (χ4n) is 1.33. The highest BCUT2D eigenvalue weighted by Gasteiger charge is 1.99. The first kappa shape index (κ1) is 8.19. The Kier molecular flexibility index (Phi) is 1.98. The maximum atomic E-state index is 5.45. The Morgan fingerprint density at radius 1 is 1.54 bits per heavy atom. The minimum atomic E-state index is 0.646. The van der Waals surface area contributed by atoms with Crippen molar-refractivity contribution in [2.24, 2.45) is 5.73 Å². The minimum absolute atomic E-state index is 0.646. The molecule has 4 heteroatoms. The van der Waals surface area contributed by atoms with Crippen molar-refractivity contribution in [2.45, 2.75) is 13.3 Å². The number of aromatic nitrogens is 3. The Labute approximate surface area is 76.4 Å². The zero-order valence-electron chi connectivity index (χ0n) is 7.57. The molecule has 0 radical (unpaired) electrons. The van der Waals surface area contributed by atoms with Crippen LogP contribution in [0.3, 0.4) is 0 Å². The average Bonchev–Trinajstić information content (AvgIpc) is 2.44. The van der Waals surface area contributed by atoms with Crippen molar-refractivity contribution < 1.29 is 0 Å². The standard InChI is InChI=1S/C9H12N4/c1-7-4-9-11-5-8(2-3-10)6-13(9)12-7/h4-6H,2-3,10H2,1H3. The first-order valence-electron chi connectivity index (χ1n) is 4.30. The molecule has 2 aromatic heterocycles. The lowest BCUT2D eigenvalue weighted by Crippen LogP contribution is -2.04. The molecule has 0 aliphatic rings. The summed E-state index contributed by atoms with van der Waals surface area (Å²) in [5.74, 6) is 0. The Morgan fingerprint density at radius 3 is 3.15 bits per heavy atom. The summed E-state index contributed by atoms with van der Waals surface area (Å²) in [5, 5.41) is 4.27. The third-order valence-corrected chi connectivity index (χ3v) is 1.92. The third-order valence-electron chi connectivity index (χ3n) is 1.92. The van der Waals surface area contributed by atoms with Gasteiger partial charge in [-0.25, -0.2) is 9.50 Å². The van der Waals surface area contributed by atoms with E-state index >= 15 is 0 Å². The van der Waals surface area contributed by atoms with E-state index in [1.54, 1.807) is 4.52 Å². The van der Waals surface area contributed by atoms with Gasteiger partial charge in [0.2, 0.25) is 0 Å². The van der Waals surface area contributed by atoms with E-state index in [0.29, 0.717) is 6.54 Å². The maximum absolute atomic E-state index is 5.45. The molecular weight excluding hydrogens is 164 g/mol. The molecule has 0 aliphatic heterocycles. The number of aryl methyl sites for hydroxylation is 1. The first-order chi connectivity index (χ1) is 6.29. The van der Waals surface area contributed by atoms with Gasteiger partial charge in [0, 0.05) is 18.5 Å². The molecule has 0 saturated carbocycles. The predicted molar refractivity (Wildman–Crippen MR) is 50.5 cm³/mol. The molecule has 2 heterocycles. The molecule has 13 heavy (non-hydrogen) atoms. The lowest BCUT2D eigenvalue weighted by molar-refractivity contribution is 0.874. The molecule has 2 N–H and O–H groups in total. The second-order valence-corrected chi connectivity index (χ2v) is 3.09. The van der Waals surface area contributed by atoms with E-state index in [1.165, 1.54) is 0 Å². The van der Waals surface area contributed by atoms with Gasteiger partial charge in [-0.3, -0.25) is 0 Å². The Hall–Kier alpha value is -1.42. The third kappa shape index (κ3) is 1.53. The van der Waals surface area contributed by atoms with Crippen LogP contribution in [0.25, 0.3) is 5.65 Å². The van der Waals surface area contributed by atoms with Gasteiger partial charge in [0.25, 0.3) is 0 Å². The van der Waals surface area contributed by atoms with Gasteiger partial charge in [-0.15, -0.1) is 0 Å². The van der Waals surface area contributed by atoms with E-state index in [9.17, 15) is 0 Å². The zero-order valence-corrected chi connectivity index (χ0v) is 7.57. The maximum Gasteiger partial charge on any atom is 0.155 e. The summed E-state index contributed by atoms with van der Waals surface area (Å²) in [4.78, 5) is 4.27. The molecule has 0 amide bonds. The summed E-state index contributed by atoms with van der Waals surface area (Å²) in [6.07, 6.45) is 4.67. The summed E-state index contributed by atoms with van der Waals surface area (Å²) >= 11 is 0. The molecule has 0 bridgehead atoms. The molecular formula is C9H12N4. The first-order valence-corrected chi connectivity index (χ1v) is 4.30. The molecule has 0 spiro atoms. The van der Waals surface area contributed by atoms with Crippen LogP contribution in [0.15, 0.2) is 18.5 Å². The van der Waals surface area contributed by atoms with E-state index in [2.05, 4.69) is 10.1 Å². The lowest BCUT2D eigenvalue weighted by atomic mass is 10.2. The molecule has 4 nitrogen and oxygen atoms in total. The molecule has 0 saturated heterocycles. The summed E-state index contributed by atoms with van der Waals surface area (Å²) in [6.45, 7) is 2.60. The molecule has 0 unspecified atom stereocenters. The Balaban J connectivity index is 2.48. The number of fused-ring (bicyclic) bond motifs is 1. The van der Waals surface area contributed by atoms with Gasteiger partial charge < -0.3 is 5.73 Å². The highest BCUT2D eigenvalue weighted by atomic mass is 15.2. The predicted octanol–water partition coefficient (Wildman–Crippen LogP) is 0.539. The van der Waals surface area contributed by atoms with Crippen molar-refractivity contribution in [3.63, 3.8) is 0 Å². The summed E-state index contributed by atoms with van der Waals surface area (Å²) in [5.41, 5.74) is 8.45. The number of nitrogens with zero attached hydrogens (tertiary/aromatic N) is 3. The van der Waals surface area contributed by atoms with Crippen LogP contribution in [0.1, 0.15) is 11.3 Å². The quantitative estimate of drug-likeness (QED) is 0.726. The summed E-state index contributed by atoms with van der Waals surface area (Å²) < 4.78 is 1.79. The fourth-order valence-corrected chi connectivity index (χ4v) is 1.33. The topological polar surface area (TPSA) is 56.2 Å². The van der Waals surface area contributed by atoms with Crippen molar-refractivity contribution in [3.05, 3.63) is 29.7 Å². The Bertz CT molecular complexity index is 418. The number of hydrogen-bond donors (Lipinski definition) is 1. The monoisotopic (exact) mass is 176 g/mol. The van der Waals surface area contributed by atoms with Crippen LogP contribution in [0.2, 0.25) is 0 Å². The van der Waals surface area contributed by atoms with Crippen LogP contribution in [0.4, 0.5) is 0 Å². The second kappa shape index (κ2) is 3.14. The SMILES string of the molecule is Cc1cc2ncc(CCN)cn2n1. The van der Waals surface area contributed by atoms with Gasteiger partial charge in [0.05, 0.1) is 5.69 Å². The smallest absolute Gasteiger partial charge is 0.155 e. The molecule has 0 atom stereocenters. The van der Waals surface area contributed by atoms with Crippen molar-refractivity contribution >= 4 is 5.65 Å². The van der Waals surface area contributed by atoms with Gasteiger partial charge in [-0.05, 0) is 25.5 Å². The average molecular weight is 176 g/mol. The van der Waals surface area contributed by atoms with Crippen LogP contribution in [-0.4, -0.2) is 21.1 Å². The molecule has 68 valence electrons. The number of hydrogen-bond acceptors (Lipinski definition) is 3. The van der Waals surface area contributed by atoms with Crippen molar-refractivity contribution in [3.8, 4) is 0 Å². The van der Waals surface area contributed by atoms with E-state index in [0.717, 1.165) is 23.3 Å². The second-order valence-electron chi connectivity index (χ2n) is 3.09. The number of nitrogens with two attached hydrogens (primary N) is 1. The van der Waals surface area contributed by atoms with Crippen LogP contribution < -0.4 is 5.73 Å². The van der Waals surface area contributed by atoms with Crippen LogP contribution in [-0.2, 0) is 6.42 Å². The highest BCUT2D eigenvalue weighted by Crippen LogP contribution is 2.04. The number of rotatable bonds is 2. The van der Waals surface area contributed by atoms with E-state index in [4.69, 9.17) is 5.73 Å². The van der Waals surface area contributed by atoms with Gasteiger partial charge in [0.15, 0.2) is 5.65 Å². The van der Waals surface area contributed by atoms with E-state index in [-0.39, 0.29) is 0 Å². The summed E-state index contributed by atoms with van der Waals surface area (Å²) in [6, 6.07) is 1.95. The van der Waals surface area contributed by atoms with Crippen LogP contribution in [0.5, 0.6) is 0 Å². The molecule has 2 rings (SSSR count). The van der Waals surface area contributed by atoms with Crippen LogP contribution in [0, 0.1) is 6.92 Å². The fraction of sp³-hybridized carbons (Fsp3) is 0.333. The molecule has 0 aromatic carbocycles. The zero-order chi connectivity index (χ0) is 9.26.